The van der Waals surface area contributed by atoms with Crippen molar-refractivity contribution in [2.45, 2.75) is 26.2 Å². The number of thioether (sulfide) groups is 1. The van der Waals surface area contributed by atoms with E-state index in [2.05, 4.69) is 21.0 Å². The summed E-state index contributed by atoms with van der Waals surface area (Å²) in [5, 5.41) is 0.237. The first-order valence-electron chi connectivity index (χ1n) is 10.9. The standard InChI is InChI=1S/C22H34N8O2S/c1-16(31)27-22(26)33-19(15-29-10-12-30(13-11-29)20(32)14-23)5-3-2-4-17-6-8-18(9-7-17)28-21(24)25/h5-9H,2-4,10-15,23H2,1H3,(H4,24,25,28)(H2,26,27,31)/b19-5+. The Hall–Kier alpha value is -2.89. The molecule has 0 bridgehead atoms. The van der Waals surface area contributed by atoms with Crippen LogP contribution in [0.3, 0.4) is 0 Å². The predicted molar refractivity (Wildman–Crippen MR) is 135 cm³/mol. The van der Waals surface area contributed by atoms with Gasteiger partial charge in [0.2, 0.25) is 11.8 Å². The van der Waals surface area contributed by atoms with Crippen LogP contribution in [0.25, 0.3) is 0 Å². The topological polar surface area (TPSA) is 169 Å². The van der Waals surface area contributed by atoms with Crippen LogP contribution in [0.4, 0.5) is 5.69 Å². The SMILES string of the molecule is CC(=O)N=C(N)S/C(=C/CCCc1ccc(N=C(N)N)cc1)CN1CCN(C(=O)CN)CC1. The van der Waals surface area contributed by atoms with Crippen LogP contribution < -0.4 is 22.9 Å². The summed E-state index contributed by atoms with van der Waals surface area (Å²) in [5.74, 6) is -0.306. The van der Waals surface area contributed by atoms with Gasteiger partial charge in [-0.15, -0.1) is 0 Å². The van der Waals surface area contributed by atoms with Gasteiger partial charge in [-0.25, -0.2) is 4.99 Å². The fourth-order valence-corrected chi connectivity index (χ4v) is 4.30. The van der Waals surface area contributed by atoms with Crippen molar-refractivity contribution < 1.29 is 9.59 Å². The number of carbonyl (C=O) groups is 2. The molecule has 1 saturated heterocycles. The van der Waals surface area contributed by atoms with Crippen LogP contribution in [0.15, 0.2) is 45.2 Å². The van der Waals surface area contributed by atoms with Gasteiger partial charge in [-0.3, -0.25) is 14.5 Å². The number of carbonyl (C=O) groups excluding carboxylic acids is 2. The molecule has 1 aliphatic heterocycles. The highest BCUT2D eigenvalue weighted by Crippen LogP contribution is 2.21. The highest BCUT2D eigenvalue weighted by Gasteiger charge is 2.21. The number of benzene rings is 1. The van der Waals surface area contributed by atoms with Crippen LogP contribution in [-0.2, 0) is 16.0 Å². The molecule has 2 rings (SSSR count). The van der Waals surface area contributed by atoms with Gasteiger partial charge >= 0.3 is 0 Å². The van der Waals surface area contributed by atoms with Crippen molar-refractivity contribution >= 4 is 40.4 Å². The molecule has 1 aromatic rings. The number of aliphatic imine (C=N–C) groups is 2. The number of nitrogens with zero attached hydrogens (tertiary/aromatic N) is 4. The Morgan fingerprint density at radius 2 is 1.76 bits per heavy atom. The molecule has 1 aliphatic rings. The Morgan fingerprint density at radius 1 is 1.09 bits per heavy atom. The zero-order valence-corrected chi connectivity index (χ0v) is 19.9. The van der Waals surface area contributed by atoms with Gasteiger partial charge in [0, 0.05) is 44.6 Å². The molecule has 11 heteroatoms. The number of rotatable bonds is 9. The van der Waals surface area contributed by atoms with Crippen LogP contribution in [0.1, 0.15) is 25.3 Å². The van der Waals surface area contributed by atoms with Crippen molar-refractivity contribution in [1.82, 2.24) is 9.80 Å². The molecular weight excluding hydrogens is 440 g/mol. The van der Waals surface area contributed by atoms with Crippen molar-refractivity contribution in [2.24, 2.45) is 32.9 Å². The molecule has 180 valence electrons. The van der Waals surface area contributed by atoms with Gasteiger partial charge in [-0.1, -0.05) is 30.0 Å². The van der Waals surface area contributed by atoms with Crippen LogP contribution in [0.2, 0.25) is 0 Å². The molecule has 1 heterocycles. The van der Waals surface area contributed by atoms with Crippen LogP contribution in [0.5, 0.6) is 0 Å². The first-order chi connectivity index (χ1) is 15.8. The molecule has 8 N–H and O–H groups in total. The second-order valence-electron chi connectivity index (χ2n) is 7.70. The molecule has 33 heavy (non-hydrogen) atoms. The summed E-state index contributed by atoms with van der Waals surface area (Å²) in [4.78, 5) is 36.0. The summed E-state index contributed by atoms with van der Waals surface area (Å²) < 4.78 is 0. The summed E-state index contributed by atoms with van der Waals surface area (Å²) in [7, 11) is 0. The molecule has 10 nitrogen and oxygen atoms in total. The van der Waals surface area contributed by atoms with Gasteiger partial charge in [-0.2, -0.15) is 4.99 Å². The van der Waals surface area contributed by atoms with E-state index in [1.54, 1.807) is 4.90 Å². The lowest BCUT2D eigenvalue weighted by atomic mass is 10.1. The predicted octanol–water partition coefficient (Wildman–Crippen LogP) is 0.495. The van der Waals surface area contributed by atoms with E-state index in [0.717, 1.165) is 42.9 Å². The number of amidine groups is 1. The Kier molecular flexibility index (Phi) is 10.9. The van der Waals surface area contributed by atoms with Crippen LogP contribution in [0, 0.1) is 0 Å². The summed E-state index contributed by atoms with van der Waals surface area (Å²) in [5.41, 5.74) is 24.1. The zero-order chi connectivity index (χ0) is 24.2. The minimum atomic E-state index is -0.322. The highest BCUT2D eigenvalue weighted by molar-refractivity contribution is 8.17. The second-order valence-corrected chi connectivity index (χ2v) is 8.84. The molecule has 0 unspecified atom stereocenters. The number of guanidine groups is 1. The van der Waals surface area contributed by atoms with E-state index in [1.807, 2.05) is 24.3 Å². The maximum Gasteiger partial charge on any atom is 0.244 e. The zero-order valence-electron chi connectivity index (χ0n) is 19.1. The van der Waals surface area contributed by atoms with Gasteiger partial charge in [-0.05, 0) is 37.0 Å². The molecule has 1 aromatic carbocycles. The first-order valence-corrected chi connectivity index (χ1v) is 11.7. The Bertz CT molecular complexity index is 886. The third kappa shape index (κ3) is 10.1. The molecule has 0 spiro atoms. The summed E-state index contributed by atoms with van der Waals surface area (Å²) in [6, 6.07) is 7.81. The third-order valence-corrected chi connectivity index (χ3v) is 5.88. The van der Waals surface area contributed by atoms with Crippen LogP contribution in [-0.4, -0.2) is 72.0 Å². The maximum absolute atomic E-state index is 11.8. The largest absolute Gasteiger partial charge is 0.378 e. The van der Waals surface area contributed by atoms with Gasteiger partial charge < -0.3 is 27.8 Å². The minimum Gasteiger partial charge on any atom is -0.378 e. The lowest BCUT2D eigenvalue weighted by molar-refractivity contribution is -0.131. The lowest BCUT2D eigenvalue weighted by Gasteiger charge is -2.34. The Labute approximate surface area is 199 Å². The molecule has 0 saturated carbocycles. The van der Waals surface area contributed by atoms with Crippen molar-refractivity contribution in [3.05, 3.63) is 40.8 Å². The Morgan fingerprint density at radius 3 is 2.33 bits per heavy atom. The lowest BCUT2D eigenvalue weighted by Crippen LogP contribution is -2.50. The monoisotopic (exact) mass is 474 g/mol. The first kappa shape index (κ1) is 26.4. The number of allylic oxidation sites excluding steroid dienone is 1. The molecule has 0 atom stereocenters. The molecule has 2 amide bonds. The minimum absolute atomic E-state index is 0.0241. The molecular formula is C22H34N8O2S. The summed E-state index contributed by atoms with van der Waals surface area (Å²) >= 11 is 1.32. The fourth-order valence-electron chi connectivity index (χ4n) is 3.41. The van der Waals surface area contributed by atoms with Crippen LogP contribution >= 0.6 is 11.8 Å². The van der Waals surface area contributed by atoms with Crippen molar-refractivity contribution in [3.63, 3.8) is 0 Å². The fraction of sp³-hybridized carbons (Fsp3) is 0.455. The second kappa shape index (κ2) is 13.6. The van der Waals surface area contributed by atoms with E-state index < -0.39 is 0 Å². The number of nitrogens with two attached hydrogens (primary N) is 4. The smallest absolute Gasteiger partial charge is 0.244 e. The van der Waals surface area contributed by atoms with Gasteiger partial charge in [0.05, 0.1) is 12.2 Å². The molecule has 0 aliphatic carbocycles. The summed E-state index contributed by atoms with van der Waals surface area (Å²) in [6.07, 6.45) is 4.87. The van der Waals surface area contributed by atoms with Crippen molar-refractivity contribution in [2.75, 3.05) is 39.3 Å². The number of aryl methyl sites for hydroxylation is 1. The van der Waals surface area contributed by atoms with Gasteiger partial charge in [0.25, 0.3) is 0 Å². The summed E-state index contributed by atoms with van der Waals surface area (Å²) in [6.45, 7) is 4.93. The number of amides is 2. The quantitative estimate of drug-likeness (QED) is 0.228. The van der Waals surface area contributed by atoms with Crippen molar-refractivity contribution in [3.8, 4) is 0 Å². The number of piperazine rings is 1. The molecule has 0 aromatic heterocycles. The van der Waals surface area contributed by atoms with E-state index >= 15 is 0 Å². The normalized spacial score (nSPS) is 15.4. The maximum atomic E-state index is 11.8. The number of hydrogen-bond donors (Lipinski definition) is 4. The average molecular weight is 475 g/mol. The van der Waals surface area contributed by atoms with E-state index in [9.17, 15) is 9.59 Å². The highest BCUT2D eigenvalue weighted by atomic mass is 32.2. The molecule has 0 radical (unpaired) electrons. The van der Waals surface area contributed by atoms with Gasteiger partial charge in [0.1, 0.15) is 0 Å². The number of hydrogen-bond acceptors (Lipinski definition) is 6. The van der Waals surface area contributed by atoms with Gasteiger partial charge in [0.15, 0.2) is 11.1 Å². The number of unbranched alkanes of at least 4 members (excludes halogenated alkanes) is 1. The molecule has 1 fully saturated rings. The van der Waals surface area contributed by atoms with Crippen molar-refractivity contribution in [1.29, 1.82) is 0 Å². The van der Waals surface area contributed by atoms with E-state index in [1.165, 1.54) is 24.2 Å². The van der Waals surface area contributed by atoms with E-state index in [-0.39, 0.29) is 29.5 Å². The van der Waals surface area contributed by atoms with E-state index in [0.29, 0.717) is 19.6 Å². The Balaban J connectivity index is 1.93. The third-order valence-electron chi connectivity index (χ3n) is 5.02. The van der Waals surface area contributed by atoms with E-state index in [4.69, 9.17) is 22.9 Å². The average Bonchev–Trinajstić information content (AvgIpc) is 2.76.